The summed E-state index contributed by atoms with van der Waals surface area (Å²) in [7, 11) is -2.43. The minimum absolute atomic E-state index is 0.0273. The van der Waals surface area contributed by atoms with E-state index in [0.717, 1.165) is 42.2 Å². The Hall–Kier alpha value is -2.45. The lowest BCUT2D eigenvalue weighted by Gasteiger charge is -2.42. The molecule has 1 aliphatic rings. The van der Waals surface area contributed by atoms with Crippen molar-refractivity contribution in [2.24, 2.45) is 0 Å². The Morgan fingerprint density at radius 2 is 1.29 bits per heavy atom. The molecule has 42 heavy (non-hydrogen) atoms. The summed E-state index contributed by atoms with van der Waals surface area (Å²) >= 11 is 0. The first-order valence-electron chi connectivity index (χ1n) is 15.5. The standard InChI is InChI=1S/C38H48O3P/c1-35(2,3)30-22-28-23-33(37(7,8)9)34(25-31(28)32(24-30)36(4,5)6)40-42(39)41-38(19-13-10-14-20-38)29-18-17-26-15-11-12-16-27(26)21-29/h11-12,15-18,21-25H,10,13-14,19-20H2,1-9H3/q-1. The first-order chi connectivity index (χ1) is 19.6. The van der Waals surface area contributed by atoms with Gasteiger partial charge in [-0.3, -0.25) is 0 Å². The van der Waals surface area contributed by atoms with Gasteiger partial charge in [0.2, 0.25) is 0 Å². The van der Waals surface area contributed by atoms with Crippen LogP contribution >= 0.6 is 8.60 Å². The molecule has 0 amide bonds. The highest BCUT2D eigenvalue weighted by Gasteiger charge is 2.37. The van der Waals surface area contributed by atoms with Gasteiger partial charge in [-0.25, -0.2) is 0 Å². The Morgan fingerprint density at radius 3 is 1.90 bits per heavy atom. The summed E-state index contributed by atoms with van der Waals surface area (Å²) in [6, 6.07) is 23.9. The van der Waals surface area contributed by atoms with E-state index in [1.54, 1.807) is 0 Å². The van der Waals surface area contributed by atoms with E-state index >= 15 is 0 Å². The molecule has 4 aromatic carbocycles. The van der Waals surface area contributed by atoms with Crippen molar-refractivity contribution in [2.75, 3.05) is 0 Å². The molecule has 1 aliphatic carbocycles. The van der Waals surface area contributed by atoms with E-state index in [4.69, 9.17) is 9.05 Å². The van der Waals surface area contributed by atoms with Gasteiger partial charge in [0.05, 0.1) is 5.60 Å². The molecule has 0 aliphatic heterocycles. The van der Waals surface area contributed by atoms with Crippen molar-refractivity contribution in [1.29, 1.82) is 0 Å². The third-order valence-electron chi connectivity index (χ3n) is 8.89. The number of hydrogen-bond acceptors (Lipinski definition) is 3. The fourth-order valence-electron chi connectivity index (χ4n) is 6.38. The molecule has 4 heteroatoms. The molecule has 0 bridgehead atoms. The first-order valence-corrected chi connectivity index (χ1v) is 16.6. The minimum Gasteiger partial charge on any atom is -0.776 e. The zero-order valence-corrected chi connectivity index (χ0v) is 28.0. The van der Waals surface area contributed by atoms with Crippen LogP contribution in [0.2, 0.25) is 0 Å². The molecule has 0 spiro atoms. The van der Waals surface area contributed by atoms with Crippen LogP contribution in [-0.2, 0) is 26.4 Å². The highest BCUT2D eigenvalue weighted by Crippen LogP contribution is 2.51. The lowest BCUT2D eigenvalue weighted by Crippen LogP contribution is -2.32. The predicted molar refractivity (Wildman–Crippen MR) is 177 cm³/mol. The van der Waals surface area contributed by atoms with Crippen molar-refractivity contribution in [3.63, 3.8) is 0 Å². The lowest BCUT2D eigenvalue weighted by atomic mass is 9.76. The van der Waals surface area contributed by atoms with Gasteiger partial charge >= 0.3 is 0 Å². The third-order valence-corrected chi connectivity index (χ3v) is 9.74. The monoisotopic (exact) mass is 583 g/mol. The number of hydrogen-bond donors (Lipinski definition) is 0. The molecular formula is C38H48O3P-. The topological polar surface area (TPSA) is 41.5 Å². The van der Waals surface area contributed by atoms with Crippen molar-refractivity contribution in [1.82, 2.24) is 0 Å². The number of benzene rings is 4. The van der Waals surface area contributed by atoms with Crippen LogP contribution < -0.4 is 9.42 Å². The lowest BCUT2D eigenvalue weighted by molar-refractivity contribution is -0.210. The molecule has 5 rings (SSSR count). The summed E-state index contributed by atoms with van der Waals surface area (Å²) in [6.07, 6.45) is 4.93. The third kappa shape index (κ3) is 6.40. The van der Waals surface area contributed by atoms with E-state index in [-0.39, 0.29) is 16.2 Å². The van der Waals surface area contributed by atoms with Gasteiger partial charge in [-0.05, 0) is 85.5 Å². The summed E-state index contributed by atoms with van der Waals surface area (Å²) in [5.74, 6) is 0.648. The molecule has 1 unspecified atom stereocenters. The molecule has 0 aromatic heterocycles. The summed E-state index contributed by atoms with van der Waals surface area (Å²) in [5, 5.41) is 4.71. The molecule has 0 saturated heterocycles. The first kappa shape index (κ1) is 31.0. The minimum atomic E-state index is -2.43. The predicted octanol–water partition coefficient (Wildman–Crippen LogP) is 10.7. The van der Waals surface area contributed by atoms with Gasteiger partial charge in [0.15, 0.2) is 0 Å². The van der Waals surface area contributed by atoms with Crippen LogP contribution in [0.3, 0.4) is 0 Å². The van der Waals surface area contributed by atoms with Crippen LogP contribution in [0.25, 0.3) is 21.5 Å². The van der Waals surface area contributed by atoms with E-state index < -0.39 is 14.2 Å². The zero-order chi connectivity index (χ0) is 30.5. The highest BCUT2D eigenvalue weighted by atomic mass is 31.2. The molecule has 224 valence electrons. The molecule has 0 N–H and O–H groups in total. The van der Waals surface area contributed by atoms with Crippen LogP contribution in [0.15, 0.2) is 66.7 Å². The Labute approximate surface area is 254 Å². The molecule has 3 nitrogen and oxygen atoms in total. The van der Waals surface area contributed by atoms with E-state index in [0.29, 0.717) is 5.75 Å². The van der Waals surface area contributed by atoms with Gasteiger partial charge in [0.25, 0.3) is 0 Å². The van der Waals surface area contributed by atoms with Crippen LogP contribution in [0.5, 0.6) is 5.75 Å². The maximum Gasteiger partial charge on any atom is 0.148 e. The van der Waals surface area contributed by atoms with Crippen molar-refractivity contribution in [3.05, 3.63) is 89.0 Å². The van der Waals surface area contributed by atoms with Crippen molar-refractivity contribution in [2.45, 2.75) is 116 Å². The second-order valence-electron chi connectivity index (χ2n) is 15.4. The average Bonchev–Trinajstić information content (AvgIpc) is 2.90. The zero-order valence-electron chi connectivity index (χ0n) is 27.1. The molecule has 1 fully saturated rings. The van der Waals surface area contributed by atoms with Gasteiger partial charge in [0.1, 0.15) is 14.4 Å². The van der Waals surface area contributed by atoms with E-state index in [2.05, 4.69) is 129 Å². The van der Waals surface area contributed by atoms with E-state index in [1.165, 1.54) is 33.7 Å². The van der Waals surface area contributed by atoms with Crippen molar-refractivity contribution >= 4 is 30.1 Å². The number of rotatable bonds is 5. The fraction of sp³-hybridized carbons (Fsp3) is 0.474. The Bertz CT molecular complexity index is 1580. The van der Waals surface area contributed by atoms with Crippen LogP contribution in [0.4, 0.5) is 0 Å². The molecule has 0 heterocycles. The van der Waals surface area contributed by atoms with Gasteiger partial charge in [-0.15, -0.1) is 0 Å². The maximum atomic E-state index is 13.9. The van der Waals surface area contributed by atoms with Gasteiger partial charge in [-0.1, -0.05) is 130 Å². The van der Waals surface area contributed by atoms with Crippen LogP contribution in [0, 0.1) is 0 Å². The van der Waals surface area contributed by atoms with Crippen LogP contribution in [-0.4, -0.2) is 0 Å². The second kappa shape index (κ2) is 11.2. The Balaban J connectivity index is 1.57. The van der Waals surface area contributed by atoms with Gasteiger partial charge in [-0.2, -0.15) is 0 Å². The maximum absolute atomic E-state index is 13.9. The Kier molecular flexibility index (Phi) is 8.29. The van der Waals surface area contributed by atoms with Gasteiger partial charge in [0, 0.05) is 5.56 Å². The quantitative estimate of drug-likeness (QED) is 0.219. The number of fused-ring (bicyclic) bond motifs is 2. The van der Waals surface area contributed by atoms with Crippen molar-refractivity contribution < 1.29 is 13.9 Å². The summed E-state index contributed by atoms with van der Waals surface area (Å²) in [6.45, 7) is 20.1. The second-order valence-corrected chi connectivity index (χ2v) is 16.2. The smallest absolute Gasteiger partial charge is 0.148 e. The molecule has 1 atom stereocenters. The summed E-state index contributed by atoms with van der Waals surface area (Å²) in [5.41, 5.74) is 3.85. The molecule has 0 radical (unpaired) electrons. The molecule has 4 aromatic rings. The summed E-state index contributed by atoms with van der Waals surface area (Å²) in [4.78, 5) is 13.9. The normalized spacial score (nSPS) is 17.0. The average molecular weight is 584 g/mol. The fourth-order valence-corrected chi connectivity index (χ4v) is 7.30. The summed E-state index contributed by atoms with van der Waals surface area (Å²) < 4.78 is 12.9. The molecular weight excluding hydrogens is 535 g/mol. The van der Waals surface area contributed by atoms with E-state index in [9.17, 15) is 4.89 Å². The Morgan fingerprint density at radius 1 is 0.643 bits per heavy atom. The van der Waals surface area contributed by atoms with Crippen LogP contribution in [0.1, 0.15) is 117 Å². The highest BCUT2D eigenvalue weighted by molar-refractivity contribution is 7.39. The largest absolute Gasteiger partial charge is 0.776 e. The van der Waals surface area contributed by atoms with Crippen molar-refractivity contribution in [3.8, 4) is 5.75 Å². The van der Waals surface area contributed by atoms with E-state index in [1.807, 2.05) is 0 Å². The van der Waals surface area contributed by atoms with Gasteiger partial charge < -0.3 is 13.9 Å². The SMILES string of the molecule is CC(C)(C)c1cc(C(C)(C)C)c2cc(OP([O-])OC3(c4ccc5ccccc5c4)CCCCC3)c(C(C)(C)C)cc2c1. The molecule has 1 saturated carbocycles.